The minimum Gasteiger partial charge on any atom is -0.351 e. The van der Waals surface area contributed by atoms with Gasteiger partial charge in [0.15, 0.2) is 0 Å². The van der Waals surface area contributed by atoms with Crippen LogP contribution in [0.25, 0.3) is 10.8 Å². The molecule has 0 saturated carbocycles. The summed E-state index contributed by atoms with van der Waals surface area (Å²) in [5, 5.41) is 4.34. The van der Waals surface area contributed by atoms with Crippen molar-refractivity contribution in [2.75, 3.05) is 6.54 Å². The van der Waals surface area contributed by atoms with Crippen LogP contribution in [0.15, 0.2) is 65.5 Å². The Morgan fingerprint density at radius 3 is 2.55 bits per heavy atom. The average molecular weight is 309 g/mol. The summed E-state index contributed by atoms with van der Waals surface area (Å²) in [4.78, 5) is 24.7. The molecule has 3 nitrogen and oxygen atoms in total. The highest BCUT2D eigenvalue weighted by atomic mass is 32.1. The summed E-state index contributed by atoms with van der Waals surface area (Å²) in [6.07, 6.45) is 0.773. The van der Waals surface area contributed by atoms with Crippen molar-refractivity contribution in [2.24, 2.45) is 0 Å². The maximum Gasteiger partial charge on any atom is 0.261 e. The predicted molar refractivity (Wildman–Crippen MR) is 90.6 cm³/mol. The van der Waals surface area contributed by atoms with Crippen molar-refractivity contribution in [2.45, 2.75) is 6.42 Å². The Hall–Kier alpha value is -2.46. The minimum absolute atomic E-state index is 0.0775. The maximum absolute atomic E-state index is 12.2. The Kier molecular flexibility index (Phi) is 4.30. The zero-order valence-corrected chi connectivity index (χ0v) is 12.7. The Morgan fingerprint density at radius 2 is 1.73 bits per heavy atom. The molecule has 0 radical (unpaired) electrons. The summed E-state index contributed by atoms with van der Waals surface area (Å²) >= 11 is 0.994. The third-order valence-corrected chi connectivity index (χ3v) is 4.36. The molecule has 0 aliphatic rings. The lowest BCUT2D eigenvalue weighted by molar-refractivity contribution is 0.0958. The smallest absolute Gasteiger partial charge is 0.261 e. The van der Waals surface area contributed by atoms with Crippen LogP contribution in [0.2, 0.25) is 0 Å². The van der Waals surface area contributed by atoms with Gasteiger partial charge in [0, 0.05) is 11.9 Å². The van der Waals surface area contributed by atoms with Crippen molar-refractivity contribution >= 4 is 28.0 Å². The van der Waals surface area contributed by atoms with Crippen molar-refractivity contribution in [3.8, 4) is 0 Å². The van der Waals surface area contributed by atoms with Crippen LogP contribution >= 0.6 is 11.3 Å². The summed E-state index contributed by atoms with van der Waals surface area (Å²) < 4.78 is -0.0775. The van der Waals surface area contributed by atoms with E-state index in [1.807, 2.05) is 48.5 Å². The first-order valence-electron chi connectivity index (χ1n) is 7.09. The lowest BCUT2D eigenvalue weighted by Gasteiger charge is -2.05. The fourth-order valence-corrected chi connectivity index (χ4v) is 3.14. The lowest BCUT2D eigenvalue weighted by Crippen LogP contribution is -2.25. The molecule has 1 heterocycles. The lowest BCUT2D eigenvalue weighted by atomic mass is 10.1. The van der Waals surface area contributed by atoms with E-state index in [1.165, 1.54) is 5.56 Å². The molecule has 1 aromatic heterocycles. The number of amides is 1. The van der Waals surface area contributed by atoms with Gasteiger partial charge in [0.1, 0.15) is 0 Å². The van der Waals surface area contributed by atoms with E-state index < -0.39 is 0 Å². The summed E-state index contributed by atoms with van der Waals surface area (Å²) in [5.41, 5.74) is 1.18. The van der Waals surface area contributed by atoms with Crippen LogP contribution in [0.5, 0.6) is 0 Å². The van der Waals surface area contributed by atoms with Gasteiger partial charge in [-0.3, -0.25) is 9.59 Å². The van der Waals surface area contributed by atoms with Crippen molar-refractivity contribution in [1.82, 2.24) is 5.32 Å². The van der Waals surface area contributed by atoms with Gasteiger partial charge in [-0.1, -0.05) is 59.9 Å². The molecule has 0 saturated heterocycles. The molecule has 2 aromatic carbocycles. The maximum atomic E-state index is 12.2. The molecule has 110 valence electrons. The number of benzene rings is 2. The van der Waals surface area contributed by atoms with E-state index in [-0.39, 0.29) is 10.6 Å². The first kappa shape index (κ1) is 14.5. The van der Waals surface area contributed by atoms with Crippen molar-refractivity contribution < 1.29 is 4.79 Å². The third kappa shape index (κ3) is 3.23. The summed E-state index contributed by atoms with van der Waals surface area (Å²) in [7, 11) is 0. The highest BCUT2D eigenvalue weighted by molar-refractivity contribution is 7.12. The molecule has 22 heavy (non-hydrogen) atoms. The normalized spacial score (nSPS) is 10.5. The first-order chi connectivity index (χ1) is 10.7. The number of rotatable bonds is 4. The van der Waals surface area contributed by atoms with Crippen molar-refractivity contribution in [1.29, 1.82) is 0 Å². The molecular formula is C18H15NO2S. The standard InChI is InChI=1S/C18H15NO2S/c20-17(19-11-10-13-6-2-1-3-7-13)16-12-14-8-4-5-9-15(14)18(21)22-16/h1-9,12H,10-11H2,(H,19,20). The zero-order valence-electron chi connectivity index (χ0n) is 11.9. The first-order valence-corrected chi connectivity index (χ1v) is 7.91. The number of carbonyl (C=O) groups is 1. The molecule has 1 amide bonds. The van der Waals surface area contributed by atoms with Gasteiger partial charge in [-0.15, -0.1) is 0 Å². The molecule has 1 N–H and O–H groups in total. The molecule has 4 heteroatoms. The molecule has 0 unspecified atom stereocenters. The SMILES string of the molecule is O=C(NCCc1ccccc1)c1cc2ccccc2c(=O)s1. The van der Waals surface area contributed by atoms with E-state index in [9.17, 15) is 9.59 Å². The Morgan fingerprint density at radius 1 is 1.00 bits per heavy atom. The van der Waals surface area contributed by atoms with E-state index in [2.05, 4.69) is 5.32 Å². The Labute approximate surface area is 132 Å². The van der Waals surface area contributed by atoms with Gasteiger partial charge in [0.2, 0.25) is 4.74 Å². The van der Waals surface area contributed by atoms with Crippen molar-refractivity contribution in [3.63, 3.8) is 0 Å². The van der Waals surface area contributed by atoms with Gasteiger partial charge in [0.25, 0.3) is 5.91 Å². The number of carbonyl (C=O) groups excluding carboxylic acids is 1. The second kappa shape index (κ2) is 6.54. The van der Waals surface area contributed by atoms with Crippen LogP contribution in [-0.4, -0.2) is 12.5 Å². The van der Waals surface area contributed by atoms with Gasteiger partial charge in [-0.05, 0) is 29.5 Å². The van der Waals surface area contributed by atoms with Gasteiger partial charge >= 0.3 is 0 Å². The second-order valence-corrected chi connectivity index (χ2v) is 5.99. The molecule has 0 fully saturated rings. The highest BCUT2D eigenvalue weighted by Gasteiger charge is 2.09. The predicted octanol–water partition coefficient (Wildman–Crippen LogP) is 3.23. The molecule has 0 atom stereocenters. The molecule has 0 spiro atoms. The number of hydrogen-bond acceptors (Lipinski definition) is 3. The van der Waals surface area contributed by atoms with Gasteiger partial charge in [0.05, 0.1) is 4.88 Å². The fraction of sp³-hybridized carbons (Fsp3) is 0.111. The van der Waals surface area contributed by atoms with Gasteiger partial charge in [-0.25, -0.2) is 0 Å². The van der Waals surface area contributed by atoms with Gasteiger partial charge < -0.3 is 5.32 Å². The monoisotopic (exact) mass is 309 g/mol. The molecular weight excluding hydrogens is 294 g/mol. The van der Waals surface area contributed by atoms with E-state index in [1.54, 1.807) is 12.1 Å². The van der Waals surface area contributed by atoms with Crippen LogP contribution in [0.3, 0.4) is 0 Å². The topological polar surface area (TPSA) is 46.2 Å². The molecule has 3 aromatic rings. The number of hydrogen-bond donors (Lipinski definition) is 1. The van der Waals surface area contributed by atoms with Crippen molar-refractivity contribution in [3.05, 3.63) is 80.6 Å². The largest absolute Gasteiger partial charge is 0.351 e. The van der Waals surface area contributed by atoms with Crippen LogP contribution in [0, 0.1) is 0 Å². The Balaban J connectivity index is 1.71. The highest BCUT2D eigenvalue weighted by Crippen LogP contribution is 2.14. The summed E-state index contributed by atoms with van der Waals surface area (Å²) in [5.74, 6) is -0.191. The molecule has 0 bridgehead atoms. The number of fused-ring (bicyclic) bond motifs is 1. The molecule has 0 aliphatic carbocycles. The number of nitrogens with one attached hydrogen (secondary N) is 1. The van der Waals surface area contributed by atoms with E-state index >= 15 is 0 Å². The van der Waals surface area contributed by atoms with Crippen LogP contribution in [0.4, 0.5) is 0 Å². The minimum atomic E-state index is -0.191. The van der Waals surface area contributed by atoms with E-state index in [4.69, 9.17) is 0 Å². The summed E-state index contributed by atoms with van der Waals surface area (Å²) in [6, 6.07) is 19.1. The fourth-order valence-electron chi connectivity index (χ4n) is 2.30. The van der Waals surface area contributed by atoms with Crippen LogP contribution in [0.1, 0.15) is 15.2 Å². The van der Waals surface area contributed by atoms with E-state index in [0.29, 0.717) is 16.8 Å². The van der Waals surface area contributed by atoms with Crippen LogP contribution in [-0.2, 0) is 6.42 Å². The zero-order chi connectivity index (χ0) is 15.4. The Bertz CT molecular complexity index is 856. The summed E-state index contributed by atoms with van der Waals surface area (Å²) in [6.45, 7) is 0.552. The third-order valence-electron chi connectivity index (χ3n) is 3.44. The van der Waals surface area contributed by atoms with Crippen LogP contribution < -0.4 is 10.1 Å². The quantitative estimate of drug-likeness (QED) is 0.804. The van der Waals surface area contributed by atoms with Gasteiger partial charge in [-0.2, -0.15) is 0 Å². The molecule has 0 aliphatic heterocycles. The second-order valence-electron chi connectivity index (χ2n) is 4.98. The molecule has 3 rings (SSSR count). The average Bonchev–Trinajstić information content (AvgIpc) is 2.56. The van der Waals surface area contributed by atoms with E-state index in [0.717, 1.165) is 23.1 Å².